The molecule has 29 heavy (non-hydrogen) atoms. The quantitative estimate of drug-likeness (QED) is 0.633. The third kappa shape index (κ3) is 4.08. The van der Waals surface area contributed by atoms with Crippen LogP contribution in [0.5, 0.6) is 0 Å². The lowest BCUT2D eigenvalue weighted by atomic mass is 10.0. The first-order valence-corrected chi connectivity index (χ1v) is 9.92. The second kappa shape index (κ2) is 8.34. The SMILES string of the molecule is Cn1cccc1C(=O)N1CCc2c(C(=O)NCCCc3ccccc3)n[nH]c2C1. The van der Waals surface area contributed by atoms with Gasteiger partial charge in [-0.2, -0.15) is 5.10 Å². The van der Waals surface area contributed by atoms with Crippen LogP contribution in [0.4, 0.5) is 0 Å². The van der Waals surface area contributed by atoms with E-state index in [0.29, 0.717) is 37.4 Å². The van der Waals surface area contributed by atoms with Crippen molar-refractivity contribution in [2.24, 2.45) is 7.05 Å². The van der Waals surface area contributed by atoms with Crippen LogP contribution in [-0.2, 0) is 26.4 Å². The Balaban J connectivity index is 1.33. The van der Waals surface area contributed by atoms with Crippen molar-refractivity contribution in [3.8, 4) is 0 Å². The lowest BCUT2D eigenvalue weighted by Gasteiger charge is -2.27. The average Bonchev–Trinajstić information content (AvgIpc) is 3.37. The summed E-state index contributed by atoms with van der Waals surface area (Å²) in [4.78, 5) is 27.1. The van der Waals surface area contributed by atoms with Gasteiger partial charge in [-0.1, -0.05) is 30.3 Å². The lowest BCUT2D eigenvalue weighted by molar-refractivity contribution is 0.0723. The molecule has 2 aromatic heterocycles. The number of fused-ring (bicyclic) bond motifs is 1. The maximum absolute atomic E-state index is 12.7. The summed E-state index contributed by atoms with van der Waals surface area (Å²) in [6.45, 7) is 1.62. The molecule has 3 aromatic rings. The number of amides is 2. The highest BCUT2D eigenvalue weighted by atomic mass is 16.2. The van der Waals surface area contributed by atoms with Crippen LogP contribution < -0.4 is 5.32 Å². The van der Waals surface area contributed by atoms with Crippen LogP contribution in [0.15, 0.2) is 48.7 Å². The molecular formula is C22H25N5O2. The van der Waals surface area contributed by atoms with Gasteiger partial charge < -0.3 is 14.8 Å². The number of benzene rings is 1. The van der Waals surface area contributed by atoms with Gasteiger partial charge in [-0.3, -0.25) is 14.7 Å². The average molecular weight is 391 g/mol. The first kappa shape index (κ1) is 19.0. The van der Waals surface area contributed by atoms with E-state index >= 15 is 0 Å². The van der Waals surface area contributed by atoms with Gasteiger partial charge in [0, 0.05) is 31.9 Å². The zero-order valence-corrected chi connectivity index (χ0v) is 16.5. The molecule has 3 heterocycles. The molecule has 0 unspecified atom stereocenters. The minimum atomic E-state index is -0.155. The Kier molecular flexibility index (Phi) is 5.46. The van der Waals surface area contributed by atoms with Crippen molar-refractivity contribution in [2.45, 2.75) is 25.8 Å². The molecule has 1 aromatic carbocycles. The van der Waals surface area contributed by atoms with Gasteiger partial charge in [0.25, 0.3) is 11.8 Å². The van der Waals surface area contributed by atoms with Gasteiger partial charge in [-0.15, -0.1) is 0 Å². The molecule has 0 saturated carbocycles. The summed E-state index contributed by atoms with van der Waals surface area (Å²) in [6.07, 6.45) is 4.28. The maximum Gasteiger partial charge on any atom is 0.272 e. The molecule has 0 bridgehead atoms. The third-order valence-corrected chi connectivity index (χ3v) is 5.37. The molecule has 0 saturated heterocycles. The number of hydrogen-bond acceptors (Lipinski definition) is 3. The highest BCUT2D eigenvalue weighted by Crippen LogP contribution is 2.21. The van der Waals surface area contributed by atoms with E-state index in [9.17, 15) is 9.59 Å². The van der Waals surface area contributed by atoms with Crippen molar-refractivity contribution < 1.29 is 9.59 Å². The number of aromatic nitrogens is 3. The minimum absolute atomic E-state index is 0.00957. The van der Waals surface area contributed by atoms with Crippen molar-refractivity contribution in [1.82, 2.24) is 25.0 Å². The van der Waals surface area contributed by atoms with Crippen LogP contribution in [0.3, 0.4) is 0 Å². The number of H-pyrrole nitrogens is 1. The molecule has 1 aliphatic heterocycles. The Hall–Kier alpha value is -3.35. The minimum Gasteiger partial charge on any atom is -0.351 e. The Bertz CT molecular complexity index is 1010. The smallest absolute Gasteiger partial charge is 0.272 e. The number of nitrogens with zero attached hydrogens (tertiary/aromatic N) is 3. The highest BCUT2D eigenvalue weighted by molar-refractivity contribution is 5.95. The summed E-state index contributed by atoms with van der Waals surface area (Å²) in [7, 11) is 1.86. The number of rotatable bonds is 6. The van der Waals surface area contributed by atoms with E-state index < -0.39 is 0 Å². The third-order valence-electron chi connectivity index (χ3n) is 5.37. The van der Waals surface area contributed by atoms with Crippen molar-refractivity contribution in [3.05, 3.63) is 76.9 Å². The Morgan fingerprint density at radius 3 is 2.76 bits per heavy atom. The summed E-state index contributed by atoms with van der Waals surface area (Å²) < 4.78 is 1.82. The van der Waals surface area contributed by atoms with Crippen molar-refractivity contribution in [3.63, 3.8) is 0 Å². The van der Waals surface area contributed by atoms with Gasteiger partial charge in [0.1, 0.15) is 5.69 Å². The zero-order valence-electron chi connectivity index (χ0n) is 16.5. The predicted molar refractivity (Wildman–Crippen MR) is 110 cm³/mol. The largest absolute Gasteiger partial charge is 0.351 e. The maximum atomic E-state index is 12.7. The number of hydrogen-bond donors (Lipinski definition) is 2. The van der Waals surface area contributed by atoms with Crippen molar-refractivity contribution in [1.29, 1.82) is 0 Å². The van der Waals surface area contributed by atoms with Gasteiger partial charge in [-0.05, 0) is 37.0 Å². The normalized spacial score (nSPS) is 13.2. The Morgan fingerprint density at radius 2 is 2.00 bits per heavy atom. The summed E-state index contributed by atoms with van der Waals surface area (Å²) in [5, 5.41) is 10.1. The van der Waals surface area contributed by atoms with Gasteiger partial charge in [0.2, 0.25) is 0 Å². The van der Waals surface area contributed by atoms with E-state index in [0.717, 1.165) is 24.1 Å². The fraction of sp³-hybridized carbons (Fsp3) is 0.318. The van der Waals surface area contributed by atoms with E-state index in [1.54, 1.807) is 4.90 Å². The van der Waals surface area contributed by atoms with E-state index in [1.165, 1.54) is 5.56 Å². The summed E-state index contributed by atoms with van der Waals surface area (Å²) in [5.41, 5.74) is 4.13. The standard InChI is InChI=1S/C22H25N5O2/c1-26-13-6-10-19(26)22(29)27-14-11-17-18(15-27)24-25-20(17)21(28)23-12-5-9-16-7-3-2-4-8-16/h2-4,6-8,10,13H,5,9,11-12,14-15H2,1H3,(H,23,28)(H,24,25). The first-order chi connectivity index (χ1) is 14.1. The van der Waals surface area contributed by atoms with Crippen LogP contribution in [0.25, 0.3) is 0 Å². The molecule has 4 rings (SSSR count). The number of aromatic amines is 1. The Labute approximate surface area is 169 Å². The van der Waals surface area contributed by atoms with Crippen LogP contribution in [0.2, 0.25) is 0 Å². The molecule has 2 N–H and O–H groups in total. The van der Waals surface area contributed by atoms with E-state index in [1.807, 2.05) is 48.1 Å². The molecule has 0 spiro atoms. The summed E-state index contributed by atoms with van der Waals surface area (Å²) >= 11 is 0. The van der Waals surface area contributed by atoms with Crippen LogP contribution in [0, 0.1) is 0 Å². The molecule has 0 aliphatic carbocycles. The molecule has 150 valence electrons. The lowest BCUT2D eigenvalue weighted by Crippen LogP contribution is -2.37. The van der Waals surface area contributed by atoms with E-state index in [2.05, 4.69) is 27.6 Å². The first-order valence-electron chi connectivity index (χ1n) is 9.92. The molecule has 0 radical (unpaired) electrons. The number of nitrogens with one attached hydrogen (secondary N) is 2. The molecule has 0 atom stereocenters. The molecule has 0 fully saturated rings. The van der Waals surface area contributed by atoms with E-state index in [4.69, 9.17) is 0 Å². The highest BCUT2D eigenvalue weighted by Gasteiger charge is 2.28. The fourth-order valence-corrected chi connectivity index (χ4v) is 3.75. The second-order valence-electron chi connectivity index (χ2n) is 7.36. The monoisotopic (exact) mass is 391 g/mol. The van der Waals surface area contributed by atoms with Gasteiger partial charge >= 0.3 is 0 Å². The molecule has 2 amide bonds. The molecule has 7 nitrogen and oxygen atoms in total. The fourth-order valence-electron chi connectivity index (χ4n) is 3.75. The number of carbonyl (C=O) groups excluding carboxylic acids is 2. The summed E-state index contributed by atoms with van der Waals surface area (Å²) in [6, 6.07) is 13.9. The molecule has 7 heteroatoms. The van der Waals surface area contributed by atoms with Gasteiger partial charge in [0.05, 0.1) is 12.2 Å². The van der Waals surface area contributed by atoms with Crippen LogP contribution in [-0.4, -0.2) is 44.6 Å². The Morgan fingerprint density at radius 1 is 1.17 bits per heavy atom. The molecule has 1 aliphatic rings. The van der Waals surface area contributed by atoms with Crippen molar-refractivity contribution in [2.75, 3.05) is 13.1 Å². The van der Waals surface area contributed by atoms with Crippen LogP contribution >= 0.6 is 0 Å². The predicted octanol–water partition coefficient (Wildman–Crippen LogP) is 2.31. The van der Waals surface area contributed by atoms with Crippen LogP contribution in [0.1, 0.15) is 44.2 Å². The number of aryl methyl sites for hydroxylation is 2. The van der Waals surface area contributed by atoms with E-state index in [-0.39, 0.29) is 11.8 Å². The van der Waals surface area contributed by atoms with Gasteiger partial charge in [0.15, 0.2) is 5.69 Å². The number of carbonyl (C=O) groups is 2. The second-order valence-corrected chi connectivity index (χ2v) is 7.36. The molecular weight excluding hydrogens is 366 g/mol. The zero-order chi connectivity index (χ0) is 20.2. The topological polar surface area (TPSA) is 83.0 Å². The van der Waals surface area contributed by atoms with Crippen molar-refractivity contribution >= 4 is 11.8 Å². The van der Waals surface area contributed by atoms with Gasteiger partial charge in [-0.25, -0.2) is 0 Å². The summed E-state index contributed by atoms with van der Waals surface area (Å²) in [5.74, 6) is -0.164.